The van der Waals surface area contributed by atoms with E-state index >= 15 is 0 Å². The number of fused-ring (bicyclic) bond motifs is 3. The molecule has 0 radical (unpaired) electrons. The van der Waals surface area contributed by atoms with E-state index < -0.39 is 0 Å². The van der Waals surface area contributed by atoms with Gasteiger partial charge in [0.1, 0.15) is 24.4 Å². The monoisotopic (exact) mass is 110 g/mol. The second-order valence-corrected chi connectivity index (χ2v) is 2.52. The zero-order valence-corrected chi connectivity index (χ0v) is 4.28. The van der Waals surface area contributed by atoms with Crippen molar-refractivity contribution >= 4 is 0 Å². The highest BCUT2D eigenvalue weighted by Gasteiger charge is 2.58. The Bertz CT molecular complexity index is 146. The smallest absolute Gasteiger partial charge is 0.117 e. The molecule has 0 aromatic carbocycles. The minimum atomic E-state index is 0.416. The molecule has 2 aliphatic heterocycles. The van der Waals surface area contributed by atoms with Crippen molar-refractivity contribution in [1.29, 1.82) is 0 Å². The van der Waals surface area contributed by atoms with Crippen molar-refractivity contribution in [2.24, 2.45) is 0 Å². The minimum absolute atomic E-state index is 0.416. The summed E-state index contributed by atoms with van der Waals surface area (Å²) < 4.78 is 10.4. The molecule has 0 spiro atoms. The summed E-state index contributed by atoms with van der Waals surface area (Å²) in [7, 11) is 0. The molecule has 0 aromatic heterocycles. The topological polar surface area (TPSA) is 25.1 Å². The first-order valence-corrected chi connectivity index (χ1v) is 2.94. The Morgan fingerprint density at radius 1 is 0.875 bits per heavy atom. The van der Waals surface area contributed by atoms with Crippen LogP contribution in [0.4, 0.5) is 0 Å². The van der Waals surface area contributed by atoms with E-state index in [1.54, 1.807) is 0 Å². The summed E-state index contributed by atoms with van der Waals surface area (Å²) >= 11 is 0. The van der Waals surface area contributed by atoms with Gasteiger partial charge < -0.3 is 9.47 Å². The largest absolute Gasteiger partial charge is 0.362 e. The van der Waals surface area contributed by atoms with Crippen molar-refractivity contribution in [3.05, 3.63) is 12.2 Å². The molecule has 2 saturated heterocycles. The average Bonchev–Trinajstić information content (AvgIpc) is 2.59. The molecule has 42 valence electrons. The molecule has 8 heavy (non-hydrogen) atoms. The van der Waals surface area contributed by atoms with Gasteiger partial charge in [0.05, 0.1) is 0 Å². The molecular weight excluding hydrogens is 104 g/mol. The molecule has 0 saturated carbocycles. The molecule has 0 unspecified atom stereocenters. The maximum absolute atomic E-state index is 5.22. The van der Waals surface area contributed by atoms with Crippen LogP contribution < -0.4 is 0 Å². The Labute approximate surface area is 47.1 Å². The normalized spacial score (nSPS) is 64.0. The fourth-order valence-corrected chi connectivity index (χ4v) is 1.33. The Morgan fingerprint density at radius 2 is 1.38 bits per heavy atom. The molecule has 0 amide bonds. The van der Waals surface area contributed by atoms with Crippen LogP contribution in [0.15, 0.2) is 12.2 Å². The second kappa shape index (κ2) is 0.870. The first-order chi connectivity index (χ1) is 3.95. The number of rotatable bonds is 0. The molecule has 2 heterocycles. The zero-order chi connectivity index (χ0) is 5.14. The number of hydrogen-bond donors (Lipinski definition) is 0. The first kappa shape index (κ1) is 3.64. The Morgan fingerprint density at radius 3 is 1.88 bits per heavy atom. The van der Waals surface area contributed by atoms with Crippen molar-refractivity contribution in [2.75, 3.05) is 0 Å². The van der Waals surface area contributed by atoms with Crippen molar-refractivity contribution in [1.82, 2.24) is 0 Å². The number of hydrogen-bond acceptors (Lipinski definition) is 2. The Kier molecular flexibility index (Phi) is 0.396. The highest BCUT2D eigenvalue weighted by atomic mass is 16.7. The van der Waals surface area contributed by atoms with Crippen LogP contribution in [0.5, 0.6) is 0 Å². The Balaban J connectivity index is 2.03. The first-order valence-electron chi connectivity index (χ1n) is 2.94. The fourth-order valence-electron chi connectivity index (χ4n) is 1.33. The Hall–Kier alpha value is -0.340. The zero-order valence-electron chi connectivity index (χ0n) is 4.28. The van der Waals surface area contributed by atoms with Crippen LogP contribution in [0.25, 0.3) is 0 Å². The summed E-state index contributed by atoms with van der Waals surface area (Å²) in [6, 6.07) is 0. The maximum atomic E-state index is 5.22. The van der Waals surface area contributed by atoms with Gasteiger partial charge in [-0.15, -0.1) is 0 Å². The molecule has 4 atom stereocenters. The van der Waals surface area contributed by atoms with Crippen LogP contribution in [0, 0.1) is 0 Å². The van der Waals surface area contributed by atoms with Crippen LogP contribution in [0.2, 0.25) is 0 Å². The van der Waals surface area contributed by atoms with E-state index in [0.29, 0.717) is 24.4 Å². The predicted octanol–water partition coefficient (Wildman–Crippen LogP) is 0.0910. The summed E-state index contributed by atoms with van der Waals surface area (Å²) in [6.07, 6.45) is 5.89. The van der Waals surface area contributed by atoms with Crippen LogP contribution in [0.3, 0.4) is 0 Å². The standard InChI is InChI=1S/C6H6O2/c1-2-4-6(8-4)5-3(1)7-5/h1-6H/t3-,4+,5-,6+. The van der Waals surface area contributed by atoms with Crippen LogP contribution in [-0.2, 0) is 9.47 Å². The van der Waals surface area contributed by atoms with Crippen molar-refractivity contribution in [2.45, 2.75) is 24.4 Å². The molecule has 0 bridgehead atoms. The van der Waals surface area contributed by atoms with Gasteiger partial charge in [0.2, 0.25) is 0 Å². The van der Waals surface area contributed by atoms with Gasteiger partial charge in [-0.3, -0.25) is 0 Å². The van der Waals surface area contributed by atoms with E-state index in [4.69, 9.17) is 9.47 Å². The second-order valence-electron chi connectivity index (χ2n) is 2.52. The molecule has 2 nitrogen and oxygen atoms in total. The van der Waals surface area contributed by atoms with Crippen molar-refractivity contribution in [3.8, 4) is 0 Å². The highest BCUT2D eigenvalue weighted by Crippen LogP contribution is 2.43. The number of ether oxygens (including phenoxy) is 2. The van der Waals surface area contributed by atoms with Gasteiger partial charge in [0.15, 0.2) is 0 Å². The lowest BCUT2D eigenvalue weighted by atomic mass is 10.1. The maximum Gasteiger partial charge on any atom is 0.117 e. The molecular formula is C6H6O2. The van der Waals surface area contributed by atoms with Gasteiger partial charge in [-0.2, -0.15) is 0 Å². The van der Waals surface area contributed by atoms with Gasteiger partial charge in [-0.05, 0) is 0 Å². The molecule has 3 rings (SSSR count). The highest BCUT2D eigenvalue weighted by molar-refractivity contribution is 5.22. The lowest BCUT2D eigenvalue weighted by Gasteiger charge is -1.85. The summed E-state index contributed by atoms with van der Waals surface area (Å²) in [5.41, 5.74) is 0. The van der Waals surface area contributed by atoms with Crippen LogP contribution in [0.1, 0.15) is 0 Å². The quantitative estimate of drug-likeness (QED) is 0.326. The molecule has 3 aliphatic rings. The molecule has 0 N–H and O–H groups in total. The van der Waals surface area contributed by atoms with Crippen molar-refractivity contribution in [3.63, 3.8) is 0 Å². The van der Waals surface area contributed by atoms with E-state index in [9.17, 15) is 0 Å². The molecule has 0 aromatic rings. The SMILES string of the molecule is C1=C[C@H]2O[C@H]2[C@H]2O[C@@H]12. The van der Waals surface area contributed by atoms with Gasteiger partial charge >= 0.3 is 0 Å². The van der Waals surface area contributed by atoms with E-state index in [-0.39, 0.29) is 0 Å². The summed E-state index contributed by atoms with van der Waals surface area (Å²) in [5.74, 6) is 0. The van der Waals surface area contributed by atoms with E-state index in [1.807, 2.05) is 0 Å². The van der Waals surface area contributed by atoms with Gasteiger partial charge in [-0.25, -0.2) is 0 Å². The minimum Gasteiger partial charge on any atom is -0.362 e. The van der Waals surface area contributed by atoms with Gasteiger partial charge in [-0.1, -0.05) is 12.2 Å². The molecule has 1 aliphatic carbocycles. The van der Waals surface area contributed by atoms with Crippen LogP contribution >= 0.6 is 0 Å². The van der Waals surface area contributed by atoms with Gasteiger partial charge in [0.25, 0.3) is 0 Å². The third kappa shape index (κ3) is 0.288. The van der Waals surface area contributed by atoms with E-state index in [1.165, 1.54) is 0 Å². The predicted molar refractivity (Wildman–Crippen MR) is 26.5 cm³/mol. The van der Waals surface area contributed by atoms with Crippen LogP contribution in [-0.4, -0.2) is 24.4 Å². The molecule has 2 heteroatoms. The summed E-state index contributed by atoms with van der Waals surface area (Å²) in [6.45, 7) is 0. The molecule has 2 fully saturated rings. The van der Waals surface area contributed by atoms with Crippen molar-refractivity contribution < 1.29 is 9.47 Å². The van der Waals surface area contributed by atoms with E-state index in [0.717, 1.165) is 0 Å². The lowest BCUT2D eigenvalue weighted by molar-refractivity contribution is 0.314. The number of epoxide rings is 2. The fraction of sp³-hybridized carbons (Fsp3) is 0.667. The summed E-state index contributed by atoms with van der Waals surface area (Å²) in [4.78, 5) is 0. The third-order valence-electron chi connectivity index (χ3n) is 1.94. The lowest BCUT2D eigenvalue weighted by Crippen LogP contribution is -2.06. The van der Waals surface area contributed by atoms with E-state index in [2.05, 4.69) is 12.2 Å². The third-order valence-corrected chi connectivity index (χ3v) is 1.94. The average molecular weight is 110 g/mol. The summed E-state index contributed by atoms with van der Waals surface area (Å²) in [5, 5.41) is 0. The van der Waals surface area contributed by atoms with Gasteiger partial charge in [0, 0.05) is 0 Å².